The Kier molecular flexibility index (Phi) is 3.57. The molecule has 0 amide bonds. The zero-order valence-electron chi connectivity index (χ0n) is 13.8. The van der Waals surface area contributed by atoms with Crippen LogP contribution < -0.4 is 0 Å². The molecule has 2 heterocycles. The molecule has 0 bridgehead atoms. The van der Waals surface area contributed by atoms with Gasteiger partial charge >= 0.3 is 0 Å². The molecular weight excluding hydrogens is 386 g/mol. The third-order valence-electron chi connectivity index (χ3n) is 4.47. The number of para-hydroxylation sites is 1. The van der Waals surface area contributed by atoms with Crippen LogP contribution in [0.1, 0.15) is 0 Å². The SMILES string of the molecule is Brc1ccc2cn(-c3nc(-c4ccccc4)c4ccccc4n3)cc2c1. The number of nitrogens with zero attached hydrogens (tertiary/aromatic N) is 3. The Bertz CT molecular complexity index is 1240. The van der Waals surface area contributed by atoms with Crippen LogP contribution in [0.4, 0.5) is 0 Å². The van der Waals surface area contributed by atoms with E-state index < -0.39 is 0 Å². The van der Waals surface area contributed by atoms with Crippen molar-refractivity contribution in [1.82, 2.24) is 14.5 Å². The molecule has 5 rings (SSSR count). The van der Waals surface area contributed by atoms with Crippen molar-refractivity contribution >= 4 is 37.6 Å². The average Bonchev–Trinajstić information content (AvgIpc) is 3.11. The van der Waals surface area contributed by atoms with Crippen molar-refractivity contribution in [2.75, 3.05) is 0 Å². The molecule has 124 valence electrons. The van der Waals surface area contributed by atoms with Gasteiger partial charge in [0.2, 0.25) is 5.95 Å². The average molecular weight is 400 g/mol. The second-order valence-electron chi connectivity index (χ2n) is 6.19. The van der Waals surface area contributed by atoms with E-state index in [1.165, 1.54) is 0 Å². The molecule has 0 atom stereocenters. The number of benzene rings is 3. The van der Waals surface area contributed by atoms with Crippen LogP contribution in [-0.2, 0) is 0 Å². The molecule has 0 fully saturated rings. The van der Waals surface area contributed by atoms with Crippen molar-refractivity contribution in [2.24, 2.45) is 0 Å². The lowest BCUT2D eigenvalue weighted by atomic mass is 10.1. The number of aromatic nitrogens is 3. The van der Waals surface area contributed by atoms with Crippen LogP contribution in [0.3, 0.4) is 0 Å². The molecule has 0 N–H and O–H groups in total. The maximum absolute atomic E-state index is 4.90. The number of fused-ring (bicyclic) bond motifs is 2. The van der Waals surface area contributed by atoms with E-state index in [1.807, 2.05) is 47.0 Å². The van der Waals surface area contributed by atoms with Crippen LogP contribution >= 0.6 is 15.9 Å². The van der Waals surface area contributed by atoms with E-state index in [4.69, 9.17) is 9.97 Å². The Balaban J connectivity index is 1.77. The first kappa shape index (κ1) is 15.3. The van der Waals surface area contributed by atoms with Gasteiger partial charge in [0, 0.05) is 33.2 Å². The van der Waals surface area contributed by atoms with Gasteiger partial charge in [-0.3, -0.25) is 4.57 Å². The first-order valence-electron chi connectivity index (χ1n) is 8.38. The van der Waals surface area contributed by atoms with Crippen molar-refractivity contribution in [2.45, 2.75) is 0 Å². The van der Waals surface area contributed by atoms with Crippen molar-refractivity contribution in [1.29, 1.82) is 0 Å². The van der Waals surface area contributed by atoms with Crippen LogP contribution in [0.25, 0.3) is 38.9 Å². The van der Waals surface area contributed by atoms with E-state index in [0.717, 1.165) is 37.4 Å². The summed E-state index contributed by atoms with van der Waals surface area (Å²) in [5.41, 5.74) is 2.98. The van der Waals surface area contributed by atoms with Gasteiger partial charge in [-0.2, -0.15) is 0 Å². The predicted molar refractivity (Wildman–Crippen MR) is 110 cm³/mol. The molecule has 3 aromatic carbocycles. The first-order chi connectivity index (χ1) is 12.8. The number of hydrogen-bond acceptors (Lipinski definition) is 2. The zero-order valence-corrected chi connectivity index (χ0v) is 15.4. The minimum absolute atomic E-state index is 0.676. The number of hydrogen-bond donors (Lipinski definition) is 0. The van der Waals surface area contributed by atoms with E-state index in [-0.39, 0.29) is 0 Å². The van der Waals surface area contributed by atoms with Crippen LogP contribution in [0, 0.1) is 0 Å². The zero-order chi connectivity index (χ0) is 17.5. The molecular formula is C22H14BrN3. The quantitative estimate of drug-likeness (QED) is 0.364. The second-order valence-corrected chi connectivity index (χ2v) is 7.11. The second kappa shape index (κ2) is 6.07. The molecule has 0 unspecified atom stereocenters. The van der Waals surface area contributed by atoms with E-state index in [0.29, 0.717) is 5.95 Å². The van der Waals surface area contributed by atoms with Gasteiger partial charge in [0.1, 0.15) is 0 Å². The molecule has 4 heteroatoms. The molecule has 26 heavy (non-hydrogen) atoms. The lowest BCUT2D eigenvalue weighted by Gasteiger charge is -2.09. The summed E-state index contributed by atoms with van der Waals surface area (Å²) in [6, 6.07) is 24.6. The largest absolute Gasteiger partial charge is 0.292 e. The summed E-state index contributed by atoms with van der Waals surface area (Å²) in [7, 11) is 0. The Labute approximate surface area is 159 Å². The fourth-order valence-corrected chi connectivity index (χ4v) is 3.60. The number of rotatable bonds is 2. The van der Waals surface area contributed by atoms with Gasteiger partial charge < -0.3 is 0 Å². The highest BCUT2D eigenvalue weighted by Gasteiger charge is 2.11. The van der Waals surface area contributed by atoms with Gasteiger partial charge in [0.25, 0.3) is 0 Å². The Morgan fingerprint density at radius 2 is 1.50 bits per heavy atom. The van der Waals surface area contributed by atoms with Crippen molar-refractivity contribution in [3.05, 3.63) is 89.7 Å². The maximum atomic E-state index is 4.90. The Hall–Kier alpha value is -2.98. The van der Waals surface area contributed by atoms with Gasteiger partial charge in [-0.05, 0) is 23.6 Å². The third-order valence-corrected chi connectivity index (χ3v) is 4.97. The molecule has 0 aliphatic carbocycles. The fraction of sp³-hybridized carbons (Fsp3) is 0. The highest BCUT2D eigenvalue weighted by molar-refractivity contribution is 9.10. The monoisotopic (exact) mass is 399 g/mol. The predicted octanol–water partition coefficient (Wildman–Crippen LogP) is 6.00. The first-order valence-corrected chi connectivity index (χ1v) is 9.17. The van der Waals surface area contributed by atoms with E-state index >= 15 is 0 Å². The minimum Gasteiger partial charge on any atom is -0.292 e. The van der Waals surface area contributed by atoms with E-state index in [1.54, 1.807) is 0 Å². The van der Waals surface area contributed by atoms with Gasteiger partial charge in [0.05, 0.1) is 11.2 Å². The molecule has 0 radical (unpaired) electrons. The Morgan fingerprint density at radius 1 is 0.731 bits per heavy atom. The van der Waals surface area contributed by atoms with Crippen molar-refractivity contribution < 1.29 is 0 Å². The smallest absolute Gasteiger partial charge is 0.234 e. The molecule has 0 saturated carbocycles. The normalized spacial score (nSPS) is 11.3. The molecule has 3 nitrogen and oxygen atoms in total. The van der Waals surface area contributed by atoms with E-state index in [2.05, 4.69) is 58.7 Å². The lowest BCUT2D eigenvalue weighted by Crippen LogP contribution is -2.01. The van der Waals surface area contributed by atoms with Gasteiger partial charge in [-0.25, -0.2) is 9.97 Å². The van der Waals surface area contributed by atoms with Crippen molar-refractivity contribution in [3.63, 3.8) is 0 Å². The van der Waals surface area contributed by atoms with Gasteiger partial charge in [-0.15, -0.1) is 0 Å². The molecule has 0 aliphatic heterocycles. The summed E-state index contributed by atoms with van der Waals surface area (Å²) in [5, 5.41) is 3.37. The summed E-state index contributed by atoms with van der Waals surface area (Å²) in [6.45, 7) is 0. The third kappa shape index (κ3) is 2.59. The highest BCUT2D eigenvalue weighted by atomic mass is 79.9. The molecule has 2 aromatic heterocycles. The molecule has 5 aromatic rings. The number of halogens is 1. The Morgan fingerprint density at radius 3 is 2.38 bits per heavy atom. The molecule has 0 spiro atoms. The van der Waals surface area contributed by atoms with Crippen LogP contribution in [-0.4, -0.2) is 14.5 Å². The standard InChI is InChI=1S/C22H14BrN3/c23-18-11-10-16-13-26(14-17(16)12-18)22-24-20-9-5-4-8-19(20)21(25-22)15-6-2-1-3-7-15/h1-14H. The van der Waals surface area contributed by atoms with E-state index in [9.17, 15) is 0 Å². The summed E-state index contributed by atoms with van der Waals surface area (Å²) >= 11 is 3.53. The van der Waals surface area contributed by atoms with Crippen molar-refractivity contribution in [3.8, 4) is 17.2 Å². The van der Waals surface area contributed by atoms with Gasteiger partial charge in [0.15, 0.2) is 0 Å². The molecule has 0 saturated heterocycles. The maximum Gasteiger partial charge on any atom is 0.234 e. The summed E-state index contributed by atoms with van der Waals surface area (Å²) in [6.07, 6.45) is 4.14. The van der Waals surface area contributed by atoms with Gasteiger partial charge in [-0.1, -0.05) is 70.5 Å². The summed E-state index contributed by atoms with van der Waals surface area (Å²) < 4.78 is 3.06. The highest BCUT2D eigenvalue weighted by Crippen LogP contribution is 2.28. The lowest BCUT2D eigenvalue weighted by molar-refractivity contribution is 0.959. The fourth-order valence-electron chi connectivity index (χ4n) is 3.22. The van der Waals surface area contributed by atoms with Crippen LogP contribution in [0.5, 0.6) is 0 Å². The summed E-state index contributed by atoms with van der Waals surface area (Å²) in [4.78, 5) is 9.69. The van der Waals surface area contributed by atoms with Crippen LogP contribution in [0.2, 0.25) is 0 Å². The minimum atomic E-state index is 0.676. The topological polar surface area (TPSA) is 30.7 Å². The molecule has 0 aliphatic rings. The summed E-state index contributed by atoms with van der Waals surface area (Å²) in [5.74, 6) is 0.676. The van der Waals surface area contributed by atoms with Crippen LogP contribution in [0.15, 0.2) is 89.7 Å².